The smallest absolute Gasteiger partial charge is 0.152 e. The van der Waals surface area contributed by atoms with Crippen molar-refractivity contribution >= 4 is 22.6 Å². The van der Waals surface area contributed by atoms with Crippen LogP contribution in [0.25, 0.3) is 11.0 Å². The lowest BCUT2D eigenvalue weighted by Crippen LogP contribution is -2.34. The average molecular weight is 433 g/mol. The van der Waals surface area contributed by atoms with Crippen LogP contribution in [-0.2, 0) is 13.0 Å². The molecule has 0 bridgehead atoms. The van der Waals surface area contributed by atoms with Gasteiger partial charge in [0.2, 0.25) is 0 Å². The van der Waals surface area contributed by atoms with Crippen molar-refractivity contribution in [3.05, 3.63) is 52.3 Å². The standard InChI is InChI=1S/C21H22ClFN4O3/c1-10-18-14(23)8-27(21(18)26-9-25-10)15-6-17(20(29)19(15)28)30-16-5-12(22)4-11-2-3-24-7-13(11)16/h4-5,8-9,15,17,19-20,24,28-29H,2-3,6-7H2,1H3/t15-,17+,19+,20-/m1/s1. The molecule has 0 saturated heterocycles. The Morgan fingerprint density at radius 3 is 2.93 bits per heavy atom. The Hall–Kier alpha value is -2.26. The number of aliphatic hydroxyl groups is 2. The number of ether oxygens (including phenoxy) is 1. The quantitative estimate of drug-likeness (QED) is 0.588. The molecule has 0 amide bonds. The van der Waals surface area contributed by atoms with Gasteiger partial charge in [-0.1, -0.05) is 11.6 Å². The molecule has 0 spiro atoms. The molecule has 7 nitrogen and oxygen atoms in total. The Bertz CT molecular complexity index is 1120. The molecule has 158 valence electrons. The highest BCUT2D eigenvalue weighted by molar-refractivity contribution is 6.30. The third-order valence-electron chi connectivity index (χ3n) is 6.13. The minimum atomic E-state index is -1.13. The van der Waals surface area contributed by atoms with Gasteiger partial charge in [0.05, 0.1) is 17.1 Å². The maximum atomic E-state index is 14.5. The number of aryl methyl sites for hydroxylation is 1. The third kappa shape index (κ3) is 3.15. The molecule has 1 fully saturated rings. The van der Waals surface area contributed by atoms with E-state index in [-0.39, 0.29) is 0 Å². The fraction of sp³-hybridized carbons (Fsp3) is 0.429. The maximum absolute atomic E-state index is 14.5. The Morgan fingerprint density at radius 2 is 2.10 bits per heavy atom. The van der Waals surface area contributed by atoms with E-state index in [2.05, 4.69) is 15.3 Å². The largest absolute Gasteiger partial charge is 0.487 e. The number of hydrogen-bond donors (Lipinski definition) is 3. The van der Waals surface area contributed by atoms with Gasteiger partial charge in [0.1, 0.15) is 36.0 Å². The lowest BCUT2D eigenvalue weighted by Gasteiger charge is -2.24. The van der Waals surface area contributed by atoms with Crippen LogP contribution in [0, 0.1) is 12.7 Å². The summed E-state index contributed by atoms with van der Waals surface area (Å²) in [5.74, 6) is 0.146. The van der Waals surface area contributed by atoms with Crippen molar-refractivity contribution < 1.29 is 19.3 Å². The second-order valence-corrected chi connectivity index (χ2v) is 8.39. The molecule has 1 saturated carbocycles. The number of nitrogens with one attached hydrogen (secondary N) is 1. The minimum Gasteiger partial charge on any atom is -0.487 e. The van der Waals surface area contributed by atoms with Gasteiger partial charge in [0.25, 0.3) is 0 Å². The molecule has 30 heavy (non-hydrogen) atoms. The van der Waals surface area contributed by atoms with Gasteiger partial charge in [-0.05, 0) is 37.6 Å². The van der Waals surface area contributed by atoms with Crippen molar-refractivity contribution in [2.75, 3.05) is 6.54 Å². The molecule has 5 rings (SSSR count). The first-order valence-corrected chi connectivity index (χ1v) is 10.3. The van der Waals surface area contributed by atoms with E-state index in [4.69, 9.17) is 16.3 Å². The normalized spacial score (nSPS) is 26.2. The van der Waals surface area contributed by atoms with E-state index in [0.717, 1.165) is 24.1 Å². The summed E-state index contributed by atoms with van der Waals surface area (Å²) in [6.07, 6.45) is 0.878. The molecule has 3 N–H and O–H groups in total. The van der Waals surface area contributed by atoms with Crippen LogP contribution in [0.5, 0.6) is 5.75 Å². The zero-order valence-corrected chi connectivity index (χ0v) is 17.1. The third-order valence-corrected chi connectivity index (χ3v) is 6.34. The van der Waals surface area contributed by atoms with Crippen molar-refractivity contribution in [3.63, 3.8) is 0 Å². The number of rotatable bonds is 3. The van der Waals surface area contributed by atoms with E-state index in [0.29, 0.717) is 40.5 Å². The van der Waals surface area contributed by atoms with Crippen LogP contribution in [0.2, 0.25) is 5.02 Å². The zero-order valence-electron chi connectivity index (χ0n) is 16.3. The van der Waals surface area contributed by atoms with Gasteiger partial charge >= 0.3 is 0 Å². The summed E-state index contributed by atoms with van der Waals surface area (Å²) in [6, 6.07) is 3.09. The zero-order chi connectivity index (χ0) is 21.0. The summed E-state index contributed by atoms with van der Waals surface area (Å²) < 4.78 is 22.3. The molecule has 1 aliphatic heterocycles. The summed E-state index contributed by atoms with van der Waals surface area (Å²) in [6.45, 7) is 3.23. The minimum absolute atomic E-state index is 0.295. The van der Waals surface area contributed by atoms with Crippen LogP contribution in [-0.4, -0.2) is 49.6 Å². The van der Waals surface area contributed by atoms with Gasteiger partial charge in [-0.3, -0.25) is 0 Å². The van der Waals surface area contributed by atoms with Gasteiger partial charge < -0.3 is 24.8 Å². The summed E-state index contributed by atoms with van der Waals surface area (Å²) >= 11 is 6.27. The van der Waals surface area contributed by atoms with E-state index in [1.165, 1.54) is 12.5 Å². The second-order valence-electron chi connectivity index (χ2n) is 7.95. The number of aromatic nitrogens is 3. The topological polar surface area (TPSA) is 92.4 Å². The Balaban J connectivity index is 1.47. The van der Waals surface area contributed by atoms with Gasteiger partial charge in [0, 0.05) is 29.7 Å². The van der Waals surface area contributed by atoms with Crippen molar-refractivity contribution in [1.29, 1.82) is 0 Å². The molecule has 1 aliphatic carbocycles. The van der Waals surface area contributed by atoms with E-state index in [1.54, 1.807) is 17.6 Å². The molecule has 0 unspecified atom stereocenters. The Morgan fingerprint density at radius 1 is 1.27 bits per heavy atom. The number of fused-ring (bicyclic) bond motifs is 2. The SMILES string of the molecule is Cc1ncnc2c1c(F)cn2[C@@H]1C[C@H](Oc2cc(Cl)cc3c2CNCC3)[C@@H](O)[C@H]1O. The first kappa shape index (κ1) is 19.7. The molecule has 0 radical (unpaired) electrons. The number of nitrogens with zero attached hydrogens (tertiary/aromatic N) is 3. The number of benzene rings is 1. The van der Waals surface area contributed by atoms with Gasteiger partial charge in [-0.15, -0.1) is 0 Å². The molecule has 3 heterocycles. The molecule has 4 atom stereocenters. The van der Waals surface area contributed by atoms with Crippen LogP contribution < -0.4 is 10.1 Å². The highest BCUT2D eigenvalue weighted by atomic mass is 35.5. The molecular formula is C21H22ClFN4O3. The van der Waals surface area contributed by atoms with Crippen LogP contribution in [0.3, 0.4) is 0 Å². The number of hydrogen-bond acceptors (Lipinski definition) is 6. The maximum Gasteiger partial charge on any atom is 0.152 e. The van der Waals surface area contributed by atoms with Gasteiger partial charge in [-0.2, -0.15) is 0 Å². The summed E-state index contributed by atoms with van der Waals surface area (Å²) in [7, 11) is 0. The van der Waals surface area contributed by atoms with E-state index >= 15 is 0 Å². The van der Waals surface area contributed by atoms with Crippen LogP contribution >= 0.6 is 11.6 Å². The molecule has 3 aromatic rings. The number of aliphatic hydroxyl groups excluding tert-OH is 2. The predicted molar refractivity (Wildman–Crippen MR) is 109 cm³/mol. The van der Waals surface area contributed by atoms with Crippen LogP contribution in [0.15, 0.2) is 24.7 Å². The fourth-order valence-electron chi connectivity index (χ4n) is 4.59. The van der Waals surface area contributed by atoms with E-state index in [1.807, 2.05) is 6.07 Å². The molecular weight excluding hydrogens is 411 g/mol. The van der Waals surface area contributed by atoms with Crippen LogP contribution in [0.1, 0.15) is 29.3 Å². The van der Waals surface area contributed by atoms with Gasteiger partial charge in [-0.25, -0.2) is 14.4 Å². The first-order chi connectivity index (χ1) is 14.4. The first-order valence-electron chi connectivity index (χ1n) is 9.96. The highest BCUT2D eigenvalue weighted by Gasteiger charge is 2.45. The monoisotopic (exact) mass is 432 g/mol. The molecule has 1 aromatic carbocycles. The summed E-state index contributed by atoms with van der Waals surface area (Å²) in [5, 5.41) is 25.6. The molecule has 2 aliphatic rings. The lowest BCUT2D eigenvalue weighted by atomic mass is 10.00. The van der Waals surface area contributed by atoms with E-state index in [9.17, 15) is 14.6 Å². The summed E-state index contributed by atoms with van der Waals surface area (Å²) in [5.41, 5.74) is 3.04. The average Bonchev–Trinajstić information content (AvgIpc) is 3.20. The molecule has 9 heteroatoms. The molecule has 2 aromatic heterocycles. The van der Waals surface area contributed by atoms with Crippen molar-refractivity contribution in [2.24, 2.45) is 0 Å². The Labute approximate surface area is 177 Å². The Kier molecular flexibility index (Phi) is 4.89. The van der Waals surface area contributed by atoms with Gasteiger partial charge in [0.15, 0.2) is 5.82 Å². The highest BCUT2D eigenvalue weighted by Crippen LogP contribution is 2.38. The van der Waals surface area contributed by atoms with Crippen molar-refractivity contribution in [2.45, 2.75) is 50.7 Å². The summed E-state index contributed by atoms with van der Waals surface area (Å²) in [4.78, 5) is 8.24. The second kappa shape index (κ2) is 7.46. The van der Waals surface area contributed by atoms with E-state index < -0.39 is 30.2 Å². The fourth-order valence-corrected chi connectivity index (χ4v) is 4.82. The predicted octanol–water partition coefficient (Wildman–Crippen LogP) is 2.29. The number of halogens is 2. The lowest BCUT2D eigenvalue weighted by molar-refractivity contribution is -0.0166. The van der Waals surface area contributed by atoms with Crippen LogP contribution in [0.4, 0.5) is 4.39 Å². The van der Waals surface area contributed by atoms with Crippen molar-refractivity contribution in [3.8, 4) is 5.75 Å². The van der Waals surface area contributed by atoms with Crippen molar-refractivity contribution in [1.82, 2.24) is 19.9 Å².